The lowest BCUT2D eigenvalue weighted by Gasteiger charge is -2.07. The fourth-order valence-electron chi connectivity index (χ4n) is 1.79. The van der Waals surface area contributed by atoms with E-state index in [0.29, 0.717) is 10.5 Å². The van der Waals surface area contributed by atoms with Crippen molar-refractivity contribution in [2.75, 3.05) is 6.61 Å². The Balaban J connectivity index is 2.28. The SMILES string of the molecule is CCOC(=O)/C(=C/c1ccc([N+](=O)[O-])cc1)Sc1ccccc1. The predicted molar refractivity (Wildman–Crippen MR) is 90.0 cm³/mol. The molecule has 0 radical (unpaired) electrons. The van der Waals surface area contributed by atoms with Crippen LogP contribution >= 0.6 is 11.8 Å². The highest BCUT2D eigenvalue weighted by atomic mass is 32.2. The molecule has 0 aliphatic carbocycles. The topological polar surface area (TPSA) is 69.4 Å². The van der Waals surface area contributed by atoms with Gasteiger partial charge in [0.15, 0.2) is 0 Å². The molecule has 23 heavy (non-hydrogen) atoms. The van der Waals surface area contributed by atoms with Crippen molar-refractivity contribution in [3.63, 3.8) is 0 Å². The van der Waals surface area contributed by atoms with Gasteiger partial charge in [-0.1, -0.05) is 30.0 Å². The van der Waals surface area contributed by atoms with Gasteiger partial charge in [-0.2, -0.15) is 0 Å². The van der Waals surface area contributed by atoms with Crippen LogP contribution in [-0.2, 0) is 9.53 Å². The van der Waals surface area contributed by atoms with Gasteiger partial charge in [-0.05, 0) is 42.8 Å². The highest BCUT2D eigenvalue weighted by Crippen LogP contribution is 2.29. The number of ether oxygens (including phenoxy) is 1. The molecule has 0 aromatic heterocycles. The van der Waals surface area contributed by atoms with E-state index in [9.17, 15) is 14.9 Å². The molecule has 5 nitrogen and oxygen atoms in total. The fraction of sp³-hybridized carbons (Fsp3) is 0.118. The molecule has 2 aromatic carbocycles. The minimum atomic E-state index is -0.460. The van der Waals surface area contributed by atoms with Gasteiger partial charge >= 0.3 is 5.97 Å². The van der Waals surface area contributed by atoms with E-state index in [1.165, 1.54) is 23.9 Å². The van der Waals surface area contributed by atoms with Gasteiger partial charge in [0.05, 0.1) is 16.4 Å². The van der Waals surface area contributed by atoms with Crippen LogP contribution in [0.4, 0.5) is 5.69 Å². The summed E-state index contributed by atoms with van der Waals surface area (Å²) in [5.74, 6) is -0.417. The van der Waals surface area contributed by atoms with Crippen LogP contribution in [0.15, 0.2) is 64.4 Å². The average Bonchev–Trinajstić information content (AvgIpc) is 2.56. The molecule has 0 bridgehead atoms. The summed E-state index contributed by atoms with van der Waals surface area (Å²) in [7, 11) is 0. The van der Waals surface area contributed by atoms with Gasteiger partial charge in [-0.15, -0.1) is 0 Å². The van der Waals surface area contributed by atoms with Crippen molar-refractivity contribution in [2.45, 2.75) is 11.8 Å². The monoisotopic (exact) mass is 329 g/mol. The third-order valence-electron chi connectivity index (χ3n) is 2.85. The summed E-state index contributed by atoms with van der Waals surface area (Å²) in [5, 5.41) is 10.7. The van der Waals surface area contributed by atoms with Crippen molar-refractivity contribution >= 4 is 29.5 Å². The van der Waals surface area contributed by atoms with Crippen LogP contribution in [0, 0.1) is 10.1 Å². The van der Waals surface area contributed by atoms with Gasteiger partial charge in [-0.3, -0.25) is 10.1 Å². The van der Waals surface area contributed by atoms with E-state index in [2.05, 4.69) is 0 Å². The molecule has 0 atom stereocenters. The molecular weight excluding hydrogens is 314 g/mol. The molecule has 0 fully saturated rings. The highest BCUT2D eigenvalue weighted by Gasteiger charge is 2.13. The van der Waals surface area contributed by atoms with Gasteiger partial charge in [0, 0.05) is 17.0 Å². The number of nitro groups is 1. The maximum absolute atomic E-state index is 12.1. The third kappa shape index (κ3) is 4.96. The zero-order valence-electron chi connectivity index (χ0n) is 12.5. The Kier molecular flexibility index (Phi) is 5.94. The number of hydrogen-bond acceptors (Lipinski definition) is 5. The van der Waals surface area contributed by atoms with Crippen molar-refractivity contribution in [1.29, 1.82) is 0 Å². The summed E-state index contributed by atoms with van der Waals surface area (Å²) >= 11 is 1.29. The van der Waals surface area contributed by atoms with Crippen molar-refractivity contribution in [2.24, 2.45) is 0 Å². The molecule has 0 N–H and O–H groups in total. The minimum Gasteiger partial charge on any atom is -0.462 e. The number of esters is 1. The Bertz CT molecular complexity index is 711. The number of carbonyl (C=O) groups excluding carboxylic acids is 1. The molecule has 0 unspecified atom stereocenters. The van der Waals surface area contributed by atoms with E-state index < -0.39 is 10.9 Å². The first-order valence-electron chi connectivity index (χ1n) is 6.96. The molecule has 0 aliphatic heterocycles. The van der Waals surface area contributed by atoms with E-state index in [1.54, 1.807) is 25.1 Å². The van der Waals surface area contributed by atoms with Crippen molar-refractivity contribution in [3.05, 3.63) is 75.2 Å². The molecular formula is C17H15NO4S. The van der Waals surface area contributed by atoms with Crippen LogP contribution in [-0.4, -0.2) is 17.5 Å². The lowest BCUT2D eigenvalue weighted by atomic mass is 10.2. The Morgan fingerprint density at radius 2 is 1.83 bits per heavy atom. The summed E-state index contributed by atoms with van der Waals surface area (Å²) in [6.07, 6.45) is 1.67. The van der Waals surface area contributed by atoms with Gasteiger partial charge in [0.25, 0.3) is 5.69 Å². The number of nitro benzene ring substituents is 1. The number of benzene rings is 2. The maximum atomic E-state index is 12.1. The molecule has 0 spiro atoms. The van der Waals surface area contributed by atoms with Crippen LogP contribution in [0.3, 0.4) is 0 Å². The molecule has 0 heterocycles. The summed E-state index contributed by atoms with van der Waals surface area (Å²) in [4.78, 5) is 23.7. The lowest BCUT2D eigenvalue weighted by Crippen LogP contribution is -2.05. The molecule has 0 aliphatic rings. The van der Waals surface area contributed by atoms with E-state index in [1.807, 2.05) is 30.3 Å². The van der Waals surface area contributed by atoms with Gasteiger partial charge in [0.2, 0.25) is 0 Å². The standard InChI is InChI=1S/C17H15NO4S/c1-2-22-17(19)16(23-15-6-4-3-5-7-15)12-13-8-10-14(11-9-13)18(20)21/h3-12H,2H2,1H3/b16-12-. The molecule has 0 amide bonds. The predicted octanol–water partition coefficient (Wildman–Crippen LogP) is 4.29. The van der Waals surface area contributed by atoms with Crippen molar-refractivity contribution < 1.29 is 14.5 Å². The fourth-order valence-corrected chi connectivity index (χ4v) is 2.68. The van der Waals surface area contributed by atoms with Crippen LogP contribution in [0.2, 0.25) is 0 Å². The number of hydrogen-bond donors (Lipinski definition) is 0. The van der Waals surface area contributed by atoms with E-state index in [0.717, 1.165) is 4.90 Å². The maximum Gasteiger partial charge on any atom is 0.344 e. The number of non-ortho nitro benzene ring substituents is 1. The Morgan fingerprint density at radius 1 is 1.17 bits per heavy atom. The van der Waals surface area contributed by atoms with Gasteiger partial charge < -0.3 is 4.74 Å². The zero-order valence-corrected chi connectivity index (χ0v) is 13.3. The Morgan fingerprint density at radius 3 is 2.39 bits per heavy atom. The smallest absolute Gasteiger partial charge is 0.344 e. The number of carbonyl (C=O) groups is 1. The molecule has 118 valence electrons. The second-order valence-corrected chi connectivity index (χ2v) is 5.61. The second-order valence-electron chi connectivity index (χ2n) is 4.49. The zero-order chi connectivity index (χ0) is 16.7. The van der Waals surface area contributed by atoms with Crippen molar-refractivity contribution in [3.8, 4) is 0 Å². The molecule has 2 rings (SSSR count). The van der Waals surface area contributed by atoms with Crippen LogP contribution in [0.25, 0.3) is 6.08 Å². The van der Waals surface area contributed by atoms with Gasteiger partial charge in [0.1, 0.15) is 0 Å². The highest BCUT2D eigenvalue weighted by molar-refractivity contribution is 8.04. The largest absolute Gasteiger partial charge is 0.462 e. The molecule has 2 aromatic rings. The summed E-state index contributed by atoms with van der Waals surface area (Å²) in [6.45, 7) is 2.03. The van der Waals surface area contributed by atoms with Crippen molar-refractivity contribution in [1.82, 2.24) is 0 Å². The summed E-state index contributed by atoms with van der Waals surface area (Å²) in [6, 6.07) is 15.5. The third-order valence-corrected chi connectivity index (χ3v) is 3.86. The minimum absolute atomic E-state index is 0.00977. The second kappa shape index (κ2) is 8.14. The molecule has 0 saturated heterocycles. The Labute approximate surface area is 138 Å². The van der Waals surface area contributed by atoms with Gasteiger partial charge in [-0.25, -0.2) is 4.79 Å². The van der Waals surface area contributed by atoms with Crippen LogP contribution in [0.1, 0.15) is 12.5 Å². The molecule has 0 saturated carbocycles. The van der Waals surface area contributed by atoms with E-state index in [4.69, 9.17) is 4.74 Å². The van der Waals surface area contributed by atoms with E-state index >= 15 is 0 Å². The number of thioether (sulfide) groups is 1. The normalized spacial score (nSPS) is 11.1. The first-order valence-corrected chi connectivity index (χ1v) is 7.78. The summed E-state index contributed by atoms with van der Waals surface area (Å²) in [5.41, 5.74) is 0.706. The first-order chi connectivity index (χ1) is 11.1. The molecule has 6 heteroatoms. The van der Waals surface area contributed by atoms with Crippen LogP contribution in [0.5, 0.6) is 0 Å². The number of rotatable bonds is 6. The number of nitrogens with zero attached hydrogens (tertiary/aromatic N) is 1. The van der Waals surface area contributed by atoms with E-state index in [-0.39, 0.29) is 12.3 Å². The van der Waals surface area contributed by atoms with Crippen LogP contribution < -0.4 is 0 Å². The first kappa shape index (κ1) is 16.8. The quantitative estimate of drug-likeness (QED) is 0.260. The average molecular weight is 329 g/mol. The Hall–Kier alpha value is -2.60. The lowest BCUT2D eigenvalue weighted by molar-refractivity contribution is -0.384. The summed E-state index contributed by atoms with van der Waals surface area (Å²) < 4.78 is 5.07.